The van der Waals surface area contributed by atoms with Crippen molar-refractivity contribution in [3.8, 4) is 0 Å². The van der Waals surface area contributed by atoms with Crippen molar-refractivity contribution in [1.82, 2.24) is 9.47 Å². The molecule has 0 atom stereocenters. The van der Waals surface area contributed by atoms with Crippen LogP contribution in [0.5, 0.6) is 0 Å². The minimum Gasteiger partial charge on any atom is -0.302 e. The molecule has 0 radical (unpaired) electrons. The highest BCUT2D eigenvalue weighted by Crippen LogP contribution is 2.21. The van der Waals surface area contributed by atoms with Crippen LogP contribution in [-0.2, 0) is 27.3 Å². The summed E-state index contributed by atoms with van der Waals surface area (Å²) in [5.74, 6) is 0. The van der Waals surface area contributed by atoms with E-state index in [1.807, 2.05) is 29.7 Å². The lowest BCUT2D eigenvalue weighted by Crippen LogP contribution is -2.33. The molecule has 0 bridgehead atoms. The summed E-state index contributed by atoms with van der Waals surface area (Å²) < 4.78 is 32.6. The molecule has 6 nitrogen and oxygen atoms in total. The second kappa shape index (κ2) is 10.3. The van der Waals surface area contributed by atoms with E-state index in [4.69, 9.17) is 4.18 Å². The molecule has 0 N–H and O–H groups in total. The molecule has 0 saturated carbocycles. The van der Waals surface area contributed by atoms with Crippen LogP contribution in [-0.4, -0.2) is 44.1 Å². The molecule has 1 aliphatic heterocycles. The molecule has 2 heterocycles. The molecule has 3 aromatic rings. The van der Waals surface area contributed by atoms with E-state index in [0.717, 1.165) is 47.5 Å². The first-order valence-electron chi connectivity index (χ1n) is 11.2. The number of hydrogen-bond acceptors (Lipinski definition) is 6. The number of nitrogens with zero attached hydrogens (tertiary/aromatic N) is 2. The van der Waals surface area contributed by atoms with Gasteiger partial charge in [-0.3, -0.25) is 13.5 Å². The third-order valence-corrected chi connectivity index (χ3v) is 8.25. The largest absolute Gasteiger partial charge is 0.308 e. The van der Waals surface area contributed by atoms with Crippen molar-refractivity contribution in [2.45, 2.75) is 50.5 Å². The van der Waals surface area contributed by atoms with Gasteiger partial charge in [-0.15, -0.1) is 0 Å². The Kier molecular flexibility index (Phi) is 7.45. The molecule has 8 heteroatoms. The smallest absolute Gasteiger partial charge is 0.302 e. The number of thiazole rings is 1. The summed E-state index contributed by atoms with van der Waals surface area (Å²) in [5.41, 5.74) is 3.07. The highest BCUT2D eigenvalue weighted by atomic mass is 32.2. The quantitative estimate of drug-likeness (QED) is 0.344. The average molecular weight is 475 g/mol. The van der Waals surface area contributed by atoms with E-state index in [1.54, 1.807) is 24.3 Å². The van der Waals surface area contributed by atoms with Crippen LogP contribution in [0.25, 0.3) is 10.2 Å². The lowest BCUT2D eigenvalue weighted by atomic mass is 10.1. The lowest BCUT2D eigenvalue weighted by molar-refractivity contribution is 0.221. The Labute approximate surface area is 193 Å². The first-order valence-corrected chi connectivity index (χ1v) is 13.5. The van der Waals surface area contributed by atoms with Gasteiger partial charge in [0, 0.05) is 13.1 Å². The summed E-state index contributed by atoms with van der Waals surface area (Å²) in [5, 5.41) is 0. The fourth-order valence-electron chi connectivity index (χ4n) is 4.12. The lowest BCUT2D eigenvalue weighted by Gasteiger charge is -2.26. The molecule has 172 valence electrons. The SMILES string of the molecule is Cc1ccc(S(=O)(=O)OCCCc2ccc3c(c2)sc(=O)n3CCN2CCCCC2)cc1. The molecule has 0 amide bonds. The van der Waals surface area contributed by atoms with E-state index >= 15 is 0 Å². The maximum atomic E-state index is 12.5. The Morgan fingerprint density at radius 3 is 2.50 bits per heavy atom. The summed E-state index contributed by atoms with van der Waals surface area (Å²) in [6.45, 7) is 5.93. The Bertz CT molecular complexity index is 1210. The van der Waals surface area contributed by atoms with Gasteiger partial charge in [0.15, 0.2) is 0 Å². The standard InChI is InChI=1S/C24H30N2O4S2/c1-19-7-10-21(11-8-19)32(28,29)30-17-5-6-20-9-12-22-23(18-20)31-24(27)26(22)16-15-25-13-3-2-4-14-25/h7-12,18H,2-6,13-17H2,1H3. The Hall–Kier alpha value is -2.00. The third-order valence-electron chi connectivity index (χ3n) is 5.98. The summed E-state index contributed by atoms with van der Waals surface area (Å²) in [6.07, 6.45) is 5.08. The number of benzene rings is 2. The number of likely N-dealkylation sites (tertiary alicyclic amines) is 1. The molecule has 1 fully saturated rings. The summed E-state index contributed by atoms with van der Waals surface area (Å²) in [7, 11) is -3.73. The van der Waals surface area contributed by atoms with Crippen LogP contribution in [0.3, 0.4) is 0 Å². The van der Waals surface area contributed by atoms with Crippen molar-refractivity contribution < 1.29 is 12.6 Å². The van der Waals surface area contributed by atoms with Gasteiger partial charge in [-0.05, 0) is 75.5 Å². The summed E-state index contributed by atoms with van der Waals surface area (Å²) in [6, 6.07) is 12.7. The van der Waals surface area contributed by atoms with Crippen LogP contribution in [0.4, 0.5) is 0 Å². The summed E-state index contributed by atoms with van der Waals surface area (Å²) in [4.78, 5) is 15.2. The first kappa shape index (κ1) is 23.2. The second-order valence-electron chi connectivity index (χ2n) is 8.42. The van der Waals surface area contributed by atoms with E-state index in [9.17, 15) is 13.2 Å². The number of aryl methyl sites for hydroxylation is 2. The van der Waals surface area contributed by atoms with E-state index < -0.39 is 10.1 Å². The number of aromatic nitrogens is 1. The fourth-order valence-corrected chi connectivity index (χ4v) is 6.04. The number of piperidine rings is 1. The van der Waals surface area contributed by atoms with Crippen LogP contribution in [0.15, 0.2) is 52.2 Å². The van der Waals surface area contributed by atoms with E-state index in [-0.39, 0.29) is 16.4 Å². The Morgan fingerprint density at radius 2 is 1.75 bits per heavy atom. The maximum Gasteiger partial charge on any atom is 0.308 e. The van der Waals surface area contributed by atoms with Gasteiger partial charge in [0.25, 0.3) is 10.1 Å². The van der Waals surface area contributed by atoms with Crippen molar-refractivity contribution in [2.75, 3.05) is 26.2 Å². The molecule has 0 spiro atoms. The van der Waals surface area contributed by atoms with Crippen molar-refractivity contribution in [3.05, 3.63) is 63.3 Å². The first-order chi connectivity index (χ1) is 15.4. The zero-order chi connectivity index (χ0) is 22.6. The minimum atomic E-state index is -3.73. The van der Waals surface area contributed by atoms with E-state index in [2.05, 4.69) is 4.90 Å². The van der Waals surface area contributed by atoms with Crippen LogP contribution >= 0.6 is 11.3 Å². The average Bonchev–Trinajstić information content (AvgIpc) is 3.10. The predicted molar refractivity (Wildman–Crippen MR) is 129 cm³/mol. The monoisotopic (exact) mass is 474 g/mol. The molecule has 32 heavy (non-hydrogen) atoms. The van der Waals surface area contributed by atoms with Crippen LogP contribution in [0, 0.1) is 6.92 Å². The van der Waals surface area contributed by atoms with Gasteiger partial charge in [0.1, 0.15) is 0 Å². The molecular weight excluding hydrogens is 444 g/mol. The zero-order valence-corrected chi connectivity index (χ0v) is 20.1. The van der Waals surface area contributed by atoms with Gasteiger partial charge in [0.2, 0.25) is 0 Å². The molecule has 1 aromatic heterocycles. The fraction of sp³-hybridized carbons (Fsp3) is 0.458. The van der Waals surface area contributed by atoms with E-state index in [0.29, 0.717) is 12.8 Å². The summed E-state index contributed by atoms with van der Waals surface area (Å²) >= 11 is 1.28. The number of hydrogen-bond donors (Lipinski definition) is 0. The number of rotatable bonds is 9. The number of fused-ring (bicyclic) bond motifs is 1. The van der Waals surface area contributed by atoms with Crippen LogP contribution in [0.1, 0.15) is 36.8 Å². The predicted octanol–water partition coefficient (Wildman–Crippen LogP) is 4.20. The van der Waals surface area contributed by atoms with Gasteiger partial charge < -0.3 is 4.90 Å². The van der Waals surface area contributed by atoms with Crippen molar-refractivity contribution in [2.24, 2.45) is 0 Å². The van der Waals surface area contributed by atoms with Crippen molar-refractivity contribution in [3.63, 3.8) is 0 Å². The molecule has 4 rings (SSSR count). The molecule has 0 unspecified atom stereocenters. The Balaban J connectivity index is 1.33. The normalized spacial score (nSPS) is 15.4. The highest BCUT2D eigenvalue weighted by Gasteiger charge is 2.15. The maximum absolute atomic E-state index is 12.5. The van der Waals surface area contributed by atoms with Gasteiger partial charge in [0.05, 0.1) is 21.7 Å². The van der Waals surface area contributed by atoms with Crippen LogP contribution in [0.2, 0.25) is 0 Å². The molecule has 1 saturated heterocycles. The van der Waals surface area contributed by atoms with Gasteiger partial charge >= 0.3 is 4.87 Å². The second-order valence-corrected chi connectivity index (χ2v) is 11.0. The molecular formula is C24H30N2O4S2. The van der Waals surface area contributed by atoms with Crippen molar-refractivity contribution >= 4 is 31.7 Å². The van der Waals surface area contributed by atoms with Gasteiger partial charge in [-0.1, -0.05) is 41.5 Å². The van der Waals surface area contributed by atoms with E-state index in [1.165, 1.54) is 30.6 Å². The Morgan fingerprint density at radius 1 is 1.00 bits per heavy atom. The molecule has 0 aliphatic carbocycles. The van der Waals surface area contributed by atoms with Gasteiger partial charge in [-0.2, -0.15) is 8.42 Å². The highest BCUT2D eigenvalue weighted by molar-refractivity contribution is 7.86. The minimum absolute atomic E-state index is 0.0849. The van der Waals surface area contributed by atoms with Gasteiger partial charge in [-0.25, -0.2) is 0 Å². The third kappa shape index (κ3) is 5.67. The zero-order valence-electron chi connectivity index (χ0n) is 18.5. The molecule has 1 aliphatic rings. The van der Waals surface area contributed by atoms with Crippen LogP contribution < -0.4 is 4.87 Å². The van der Waals surface area contributed by atoms with Crippen molar-refractivity contribution in [1.29, 1.82) is 0 Å². The molecule has 2 aromatic carbocycles. The topological polar surface area (TPSA) is 68.6 Å².